The monoisotopic (exact) mass is 397 g/mol. The van der Waals surface area contributed by atoms with E-state index in [1.807, 2.05) is 54.7 Å². The van der Waals surface area contributed by atoms with Crippen molar-refractivity contribution in [2.75, 3.05) is 11.9 Å². The van der Waals surface area contributed by atoms with E-state index in [0.29, 0.717) is 17.0 Å². The van der Waals surface area contributed by atoms with Gasteiger partial charge in [-0.05, 0) is 31.2 Å². The molecule has 4 nitrogen and oxygen atoms in total. The van der Waals surface area contributed by atoms with Gasteiger partial charge in [-0.1, -0.05) is 48.5 Å². The maximum Gasteiger partial charge on any atom is 0.259 e. The molecule has 1 aromatic heterocycles. The summed E-state index contributed by atoms with van der Waals surface area (Å²) in [5, 5.41) is 0.921. The lowest BCUT2D eigenvalue weighted by molar-refractivity contribution is -0.122. The van der Waals surface area contributed by atoms with Gasteiger partial charge in [-0.15, -0.1) is 0 Å². The molecule has 0 radical (unpaired) electrons. The summed E-state index contributed by atoms with van der Waals surface area (Å²) in [5.41, 5.74) is 2.72. The third-order valence-corrected chi connectivity index (χ3v) is 5.82. The third kappa shape index (κ3) is 2.59. The normalized spacial score (nSPS) is 18.8. The molecule has 3 aromatic carbocycles. The van der Waals surface area contributed by atoms with Gasteiger partial charge in [-0.2, -0.15) is 0 Å². The molecule has 0 aliphatic carbocycles. The van der Waals surface area contributed by atoms with Crippen LogP contribution in [0.1, 0.15) is 23.6 Å². The van der Waals surface area contributed by atoms with Crippen LogP contribution in [0.25, 0.3) is 10.9 Å². The smallest absolute Gasteiger partial charge is 0.259 e. The molecule has 0 bridgehead atoms. The van der Waals surface area contributed by atoms with Gasteiger partial charge in [0.15, 0.2) is 5.54 Å². The number of hydrogen-bond acceptors (Lipinski definition) is 2. The van der Waals surface area contributed by atoms with Crippen molar-refractivity contribution in [3.05, 3.63) is 102 Å². The summed E-state index contributed by atoms with van der Waals surface area (Å²) in [7, 11) is 1.74. The van der Waals surface area contributed by atoms with Crippen molar-refractivity contribution in [2.45, 2.75) is 12.5 Å². The highest BCUT2D eigenvalue weighted by Gasteiger charge is 2.43. The van der Waals surface area contributed by atoms with E-state index in [-0.39, 0.29) is 11.7 Å². The van der Waals surface area contributed by atoms with Crippen molar-refractivity contribution >= 4 is 28.2 Å². The van der Waals surface area contributed by atoms with Crippen LogP contribution in [-0.2, 0) is 10.3 Å². The van der Waals surface area contributed by atoms with E-state index in [1.54, 1.807) is 37.1 Å². The van der Waals surface area contributed by atoms with Crippen LogP contribution in [0.2, 0.25) is 0 Å². The molecule has 148 valence electrons. The number of likely N-dealkylation sites (N-methyl/N-ethyl adjacent to an activating group) is 1. The number of carbonyl (C=O) groups excluding carboxylic acids is 1. The van der Waals surface area contributed by atoms with Crippen LogP contribution >= 0.6 is 0 Å². The van der Waals surface area contributed by atoms with E-state index in [1.165, 1.54) is 6.07 Å². The van der Waals surface area contributed by atoms with Gasteiger partial charge in [0.05, 0.1) is 11.4 Å². The lowest BCUT2D eigenvalue weighted by Crippen LogP contribution is -2.41. The standard InChI is InChI=1S/C25H20FN3O/c1-25(19-15-27-21-13-7-4-9-16(19)21)24(30)29(2)22-14-8-5-11-18(22)23(28-25)17-10-3-6-12-20(17)26/h3-15,27H,1-2H3/t25-/m1/s1. The molecule has 0 fully saturated rings. The van der Waals surface area contributed by atoms with Crippen LogP contribution < -0.4 is 4.90 Å². The summed E-state index contributed by atoms with van der Waals surface area (Å²) in [4.78, 5) is 23.6. The molecular formula is C25H20FN3O. The summed E-state index contributed by atoms with van der Waals surface area (Å²) in [6.45, 7) is 1.80. The zero-order valence-corrected chi connectivity index (χ0v) is 16.7. The minimum Gasteiger partial charge on any atom is -0.361 e. The number of carbonyl (C=O) groups is 1. The molecule has 0 saturated heterocycles. The number of amides is 1. The number of rotatable bonds is 2. The number of benzene rings is 3. The third-order valence-electron chi connectivity index (χ3n) is 5.82. The average molecular weight is 397 g/mol. The Labute approximate surface area is 173 Å². The van der Waals surface area contributed by atoms with Gasteiger partial charge in [0.2, 0.25) is 0 Å². The van der Waals surface area contributed by atoms with Crippen molar-refractivity contribution in [3.63, 3.8) is 0 Å². The van der Waals surface area contributed by atoms with Gasteiger partial charge in [-0.25, -0.2) is 4.39 Å². The number of aliphatic imine (C=N–C) groups is 1. The Morgan fingerprint density at radius 2 is 1.60 bits per heavy atom. The number of halogens is 1. The van der Waals surface area contributed by atoms with Gasteiger partial charge in [0.25, 0.3) is 5.91 Å². The van der Waals surface area contributed by atoms with Gasteiger partial charge in [0, 0.05) is 40.8 Å². The molecule has 2 heterocycles. The number of para-hydroxylation sites is 2. The van der Waals surface area contributed by atoms with Gasteiger partial charge >= 0.3 is 0 Å². The Morgan fingerprint density at radius 1 is 0.933 bits per heavy atom. The van der Waals surface area contributed by atoms with Crippen LogP contribution in [0.15, 0.2) is 84.0 Å². The van der Waals surface area contributed by atoms with Gasteiger partial charge in [0.1, 0.15) is 5.82 Å². The number of fused-ring (bicyclic) bond motifs is 2. The Hall–Kier alpha value is -3.73. The topological polar surface area (TPSA) is 48.5 Å². The van der Waals surface area contributed by atoms with Crippen LogP contribution in [0.3, 0.4) is 0 Å². The first-order valence-electron chi connectivity index (χ1n) is 9.79. The van der Waals surface area contributed by atoms with Crippen molar-refractivity contribution < 1.29 is 9.18 Å². The lowest BCUT2D eigenvalue weighted by atomic mass is 9.90. The average Bonchev–Trinajstić information content (AvgIpc) is 3.19. The molecule has 1 aliphatic heterocycles. The van der Waals surface area contributed by atoms with E-state index in [0.717, 1.165) is 22.0 Å². The molecule has 5 rings (SSSR count). The second kappa shape index (κ2) is 6.66. The second-order valence-corrected chi connectivity index (χ2v) is 7.64. The molecule has 30 heavy (non-hydrogen) atoms. The SMILES string of the molecule is CN1C(=O)[C@@](C)(c2c[nH]c3ccccc23)N=C(c2ccccc2F)c2ccccc21. The summed E-state index contributed by atoms with van der Waals surface area (Å²) in [5.74, 6) is -0.546. The number of aromatic nitrogens is 1. The second-order valence-electron chi connectivity index (χ2n) is 7.64. The van der Waals surface area contributed by atoms with Crippen LogP contribution in [0.5, 0.6) is 0 Å². The summed E-state index contributed by atoms with van der Waals surface area (Å²) in [6.07, 6.45) is 1.83. The highest BCUT2D eigenvalue weighted by Crippen LogP contribution is 2.39. The predicted octanol–water partition coefficient (Wildman–Crippen LogP) is 5.04. The molecule has 1 aliphatic rings. The van der Waals surface area contributed by atoms with Crippen LogP contribution in [0.4, 0.5) is 10.1 Å². The Bertz CT molecular complexity index is 1320. The summed E-state index contributed by atoms with van der Waals surface area (Å²) in [6, 6.07) is 21.9. The van der Waals surface area contributed by atoms with E-state index in [2.05, 4.69) is 4.98 Å². The maximum atomic E-state index is 14.9. The van der Waals surface area contributed by atoms with E-state index in [4.69, 9.17) is 4.99 Å². The first kappa shape index (κ1) is 18.3. The molecule has 0 spiro atoms. The van der Waals surface area contributed by atoms with Crippen LogP contribution in [-0.4, -0.2) is 23.7 Å². The summed E-state index contributed by atoms with van der Waals surface area (Å²) < 4.78 is 14.9. The number of nitrogens with zero attached hydrogens (tertiary/aromatic N) is 2. The van der Waals surface area contributed by atoms with E-state index < -0.39 is 5.54 Å². The molecule has 1 N–H and O–H groups in total. The molecular weight excluding hydrogens is 377 g/mol. The van der Waals surface area contributed by atoms with Gasteiger partial charge in [-0.3, -0.25) is 9.79 Å². The Balaban J connectivity index is 1.85. The fourth-order valence-corrected chi connectivity index (χ4v) is 4.24. The minimum atomic E-state index is -1.23. The molecule has 4 aromatic rings. The highest BCUT2D eigenvalue weighted by atomic mass is 19.1. The van der Waals surface area contributed by atoms with Crippen LogP contribution in [0, 0.1) is 5.82 Å². The number of aromatic amines is 1. The lowest BCUT2D eigenvalue weighted by Gasteiger charge is -2.28. The first-order valence-corrected chi connectivity index (χ1v) is 9.79. The fraction of sp³-hybridized carbons (Fsp3) is 0.120. The molecule has 1 atom stereocenters. The number of H-pyrrole nitrogens is 1. The number of hydrogen-bond donors (Lipinski definition) is 1. The number of benzodiazepines with no additional fused rings is 1. The highest BCUT2D eigenvalue weighted by molar-refractivity contribution is 6.21. The molecule has 1 amide bonds. The largest absolute Gasteiger partial charge is 0.361 e. The first-order chi connectivity index (χ1) is 14.5. The molecule has 0 unspecified atom stereocenters. The zero-order chi connectivity index (χ0) is 20.9. The molecule has 0 saturated carbocycles. The van der Waals surface area contributed by atoms with Crippen molar-refractivity contribution in [2.24, 2.45) is 4.99 Å². The number of anilines is 1. The minimum absolute atomic E-state index is 0.175. The van der Waals surface area contributed by atoms with Crippen molar-refractivity contribution in [3.8, 4) is 0 Å². The fourth-order valence-electron chi connectivity index (χ4n) is 4.24. The molecule has 5 heteroatoms. The maximum absolute atomic E-state index is 14.9. The Kier molecular flexibility index (Phi) is 4.07. The number of nitrogens with one attached hydrogen (secondary N) is 1. The van der Waals surface area contributed by atoms with E-state index >= 15 is 0 Å². The summed E-state index contributed by atoms with van der Waals surface area (Å²) >= 11 is 0. The van der Waals surface area contributed by atoms with Crippen molar-refractivity contribution in [1.29, 1.82) is 0 Å². The van der Waals surface area contributed by atoms with E-state index in [9.17, 15) is 9.18 Å². The van der Waals surface area contributed by atoms with Gasteiger partial charge < -0.3 is 9.88 Å². The predicted molar refractivity (Wildman–Crippen MR) is 118 cm³/mol. The quantitative estimate of drug-likeness (QED) is 0.506. The Morgan fingerprint density at radius 3 is 2.40 bits per heavy atom. The van der Waals surface area contributed by atoms with Crippen molar-refractivity contribution in [1.82, 2.24) is 4.98 Å². The zero-order valence-electron chi connectivity index (χ0n) is 16.7.